The van der Waals surface area contributed by atoms with Gasteiger partial charge in [0, 0.05) is 26.5 Å². The summed E-state index contributed by atoms with van der Waals surface area (Å²) in [4.78, 5) is 13.4. The summed E-state index contributed by atoms with van der Waals surface area (Å²) in [7, 11) is 0. The van der Waals surface area contributed by atoms with E-state index in [-0.39, 0.29) is 0 Å². The Morgan fingerprint density at radius 3 is 1.26 bits per heavy atom. The number of hydrogen-bond donors (Lipinski definition) is 0. The minimum atomic E-state index is -0.462. The Balaban J connectivity index is 1.05. The molecule has 0 N–H and O–H groups in total. The zero-order valence-corrected chi connectivity index (χ0v) is 34.6. The van der Waals surface area contributed by atoms with E-state index in [1.54, 1.807) is 0 Å². The summed E-state index contributed by atoms with van der Waals surface area (Å²) in [5.74, 6) is 0.692. The molecule has 1 aromatic heterocycles. The Kier molecular flexibility index (Phi) is 8.69. The Labute approximate surface area is 366 Å². The molecule has 1 spiro atoms. The predicted octanol–water partition coefficient (Wildman–Crippen LogP) is 15.3. The van der Waals surface area contributed by atoms with Crippen molar-refractivity contribution in [1.29, 1.82) is 0 Å². The van der Waals surface area contributed by atoms with Crippen LogP contribution in [0.1, 0.15) is 22.3 Å². The summed E-state index contributed by atoms with van der Waals surface area (Å²) in [6.45, 7) is 0. The summed E-state index contributed by atoms with van der Waals surface area (Å²) >= 11 is 1.88. The molecule has 2 heterocycles. The van der Waals surface area contributed by atoms with Crippen LogP contribution in [0.15, 0.2) is 240 Å². The quantitative estimate of drug-likeness (QED) is 0.167. The highest BCUT2D eigenvalue weighted by Gasteiger charge is 2.50. The van der Waals surface area contributed by atoms with Gasteiger partial charge in [-0.05, 0) is 78.9 Å². The van der Waals surface area contributed by atoms with Crippen molar-refractivity contribution in [3.05, 3.63) is 253 Å². The molecule has 0 bridgehead atoms. The maximum Gasteiger partial charge on any atom is 0.161 e. The minimum absolute atomic E-state index is 0.462. The highest BCUT2D eigenvalue weighted by molar-refractivity contribution is 7.99. The Morgan fingerprint density at radius 2 is 0.694 bits per heavy atom. The molecule has 1 aliphatic heterocycles. The fourth-order valence-corrected chi connectivity index (χ4v) is 11.1. The summed E-state index contributed by atoms with van der Waals surface area (Å²) in [5, 5.41) is 0. The van der Waals surface area contributed by atoms with E-state index in [0.717, 1.165) is 33.6 Å². The molecule has 290 valence electrons. The van der Waals surface area contributed by atoms with Gasteiger partial charge in [-0.15, -0.1) is 0 Å². The van der Waals surface area contributed by atoms with E-state index in [1.165, 1.54) is 71.0 Å². The second-order valence-corrected chi connectivity index (χ2v) is 17.1. The van der Waals surface area contributed by atoms with E-state index < -0.39 is 5.41 Å². The number of nitrogens with zero attached hydrogens (tertiary/aromatic N) is 2. The number of hydrogen-bond acceptors (Lipinski definition) is 3. The molecular formula is C59H38N2S. The summed E-state index contributed by atoms with van der Waals surface area (Å²) in [5.41, 5.74) is 19.3. The molecule has 0 saturated heterocycles. The van der Waals surface area contributed by atoms with Gasteiger partial charge in [0.2, 0.25) is 0 Å². The van der Waals surface area contributed by atoms with Gasteiger partial charge in [0.1, 0.15) is 0 Å². The lowest BCUT2D eigenvalue weighted by Gasteiger charge is -2.40. The topological polar surface area (TPSA) is 25.8 Å². The van der Waals surface area contributed by atoms with Crippen molar-refractivity contribution in [2.24, 2.45) is 0 Å². The molecule has 62 heavy (non-hydrogen) atoms. The van der Waals surface area contributed by atoms with E-state index in [1.807, 2.05) is 11.8 Å². The third kappa shape index (κ3) is 5.81. The third-order valence-corrected chi connectivity index (χ3v) is 13.9. The van der Waals surface area contributed by atoms with Crippen LogP contribution < -0.4 is 0 Å². The van der Waals surface area contributed by atoms with Gasteiger partial charge >= 0.3 is 0 Å². The highest BCUT2D eigenvalue weighted by Crippen LogP contribution is 2.63. The minimum Gasteiger partial charge on any atom is -0.228 e. The number of aromatic nitrogens is 2. The van der Waals surface area contributed by atoms with E-state index >= 15 is 0 Å². The summed E-state index contributed by atoms with van der Waals surface area (Å²) < 4.78 is 0. The molecule has 0 unspecified atom stereocenters. The number of rotatable bonds is 6. The van der Waals surface area contributed by atoms with Gasteiger partial charge in [-0.25, -0.2) is 9.97 Å². The van der Waals surface area contributed by atoms with Crippen LogP contribution in [0.25, 0.3) is 78.4 Å². The first-order chi connectivity index (χ1) is 30.7. The van der Waals surface area contributed by atoms with Crippen LogP contribution in [0.5, 0.6) is 0 Å². The Hall–Kier alpha value is -7.59. The first-order valence-corrected chi connectivity index (χ1v) is 22.0. The molecule has 0 radical (unpaired) electrons. The van der Waals surface area contributed by atoms with Gasteiger partial charge in [0.25, 0.3) is 0 Å². The molecule has 3 heteroatoms. The van der Waals surface area contributed by atoms with Gasteiger partial charge < -0.3 is 0 Å². The molecule has 10 aromatic rings. The van der Waals surface area contributed by atoms with Gasteiger partial charge in [-0.2, -0.15) is 0 Å². The van der Waals surface area contributed by atoms with E-state index in [9.17, 15) is 0 Å². The fourth-order valence-electron chi connectivity index (χ4n) is 9.79. The van der Waals surface area contributed by atoms with Gasteiger partial charge in [0.15, 0.2) is 5.82 Å². The van der Waals surface area contributed by atoms with Gasteiger partial charge in [-0.3, -0.25) is 0 Å². The number of fused-ring (bicyclic) bond motifs is 9. The smallest absolute Gasteiger partial charge is 0.161 e. The van der Waals surface area contributed by atoms with Crippen molar-refractivity contribution in [3.8, 4) is 78.4 Å². The largest absolute Gasteiger partial charge is 0.228 e. The second-order valence-electron chi connectivity index (χ2n) is 16.0. The van der Waals surface area contributed by atoms with Crippen molar-refractivity contribution >= 4 is 11.8 Å². The van der Waals surface area contributed by atoms with Crippen LogP contribution in [0.3, 0.4) is 0 Å². The lowest BCUT2D eigenvalue weighted by atomic mass is 9.67. The van der Waals surface area contributed by atoms with Crippen LogP contribution in [0.2, 0.25) is 0 Å². The summed E-state index contributed by atoms with van der Waals surface area (Å²) in [6, 6.07) is 83.2. The SMILES string of the molecule is c1ccc(-c2ccc(-c3cc(-c4ccc(-c5ccccc5)cc4)nc(-c4ccccc4-c4cccc5c4Sc4ccccc4C54c5ccccc5-c5ccccc54)n3)cc2)cc1. The Bertz CT molecular complexity index is 3150. The van der Waals surface area contributed by atoms with Crippen LogP contribution in [-0.2, 0) is 5.41 Å². The van der Waals surface area contributed by atoms with Crippen LogP contribution in [-0.4, -0.2) is 9.97 Å². The van der Waals surface area contributed by atoms with Crippen LogP contribution in [0.4, 0.5) is 0 Å². The normalized spacial score (nSPS) is 12.9. The van der Waals surface area contributed by atoms with E-state index in [0.29, 0.717) is 5.82 Å². The fraction of sp³-hybridized carbons (Fsp3) is 0.0169. The number of benzene rings is 9. The third-order valence-electron chi connectivity index (χ3n) is 12.6. The molecule has 0 saturated carbocycles. The zero-order chi connectivity index (χ0) is 41.0. The van der Waals surface area contributed by atoms with E-state index in [4.69, 9.17) is 9.97 Å². The molecule has 12 rings (SSSR count). The average molecular weight is 807 g/mol. The molecule has 0 amide bonds. The molecule has 0 atom stereocenters. The lowest BCUT2D eigenvalue weighted by molar-refractivity contribution is 0.723. The van der Waals surface area contributed by atoms with Crippen LogP contribution >= 0.6 is 11.8 Å². The maximum atomic E-state index is 5.41. The molecular weight excluding hydrogens is 769 g/mol. The summed E-state index contributed by atoms with van der Waals surface area (Å²) in [6.07, 6.45) is 0. The monoisotopic (exact) mass is 806 g/mol. The van der Waals surface area contributed by atoms with Crippen molar-refractivity contribution in [3.63, 3.8) is 0 Å². The molecule has 2 aliphatic rings. The Morgan fingerprint density at radius 1 is 0.290 bits per heavy atom. The second kappa shape index (κ2) is 14.8. The average Bonchev–Trinajstić information content (AvgIpc) is 3.65. The van der Waals surface area contributed by atoms with E-state index in [2.05, 4.69) is 231 Å². The van der Waals surface area contributed by atoms with Crippen LogP contribution in [0, 0.1) is 0 Å². The van der Waals surface area contributed by atoms with Crippen molar-refractivity contribution in [2.45, 2.75) is 15.2 Å². The lowest BCUT2D eigenvalue weighted by Crippen LogP contribution is -2.32. The first-order valence-electron chi connectivity index (χ1n) is 21.1. The zero-order valence-electron chi connectivity index (χ0n) is 33.7. The molecule has 2 nitrogen and oxygen atoms in total. The predicted molar refractivity (Wildman–Crippen MR) is 256 cm³/mol. The van der Waals surface area contributed by atoms with Crippen molar-refractivity contribution in [2.75, 3.05) is 0 Å². The van der Waals surface area contributed by atoms with Crippen molar-refractivity contribution in [1.82, 2.24) is 9.97 Å². The van der Waals surface area contributed by atoms with Gasteiger partial charge in [-0.1, -0.05) is 230 Å². The standard InChI is InChI=1S/C59H38N2S/c1-3-16-39(17-4-1)41-30-34-43(35-31-41)54-38-55(44-36-32-42(33-37-44)40-18-5-2-6-19-40)61-58(60-54)49-23-8-7-20-45(49)48-24-15-28-53-57(48)62-56-29-14-13-27-52(56)59(53)50-25-11-9-21-46(50)47-22-10-12-26-51(47)59/h1-38H. The maximum absolute atomic E-state index is 5.41. The molecule has 1 aliphatic carbocycles. The molecule has 9 aromatic carbocycles. The molecule has 0 fully saturated rings. The van der Waals surface area contributed by atoms with Crippen molar-refractivity contribution < 1.29 is 0 Å². The first kappa shape index (κ1) is 36.3. The highest BCUT2D eigenvalue weighted by atomic mass is 32.2. The van der Waals surface area contributed by atoms with Gasteiger partial charge in [0.05, 0.1) is 16.8 Å².